The third-order valence-electron chi connectivity index (χ3n) is 2.89. The van der Waals surface area contributed by atoms with Crippen LogP contribution in [0.3, 0.4) is 0 Å². The van der Waals surface area contributed by atoms with Gasteiger partial charge in [-0.05, 0) is 25.5 Å². The van der Waals surface area contributed by atoms with E-state index in [4.69, 9.17) is 10.5 Å². The molecule has 0 spiro atoms. The van der Waals surface area contributed by atoms with Gasteiger partial charge >= 0.3 is 0 Å². The number of carbonyl (C=O) groups excluding carboxylic acids is 1. The van der Waals surface area contributed by atoms with E-state index in [0.717, 1.165) is 13.1 Å². The summed E-state index contributed by atoms with van der Waals surface area (Å²) in [6, 6.07) is 3.31. The van der Waals surface area contributed by atoms with Crippen LogP contribution in [0.2, 0.25) is 0 Å². The fourth-order valence-electron chi connectivity index (χ4n) is 1.88. The maximum absolute atomic E-state index is 10.9. The fourth-order valence-corrected chi connectivity index (χ4v) is 1.88. The molecule has 1 aliphatic heterocycles. The molecule has 2 rings (SSSR count). The van der Waals surface area contributed by atoms with Gasteiger partial charge in [-0.15, -0.1) is 0 Å². The second-order valence-electron chi connectivity index (χ2n) is 4.27. The van der Waals surface area contributed by atoms with E-state index in [1.807, 2.05) is 0 Å². The van der Waals surface area contributed by atoms with Gasteiger partial charge in [0.2, 0.25) is 11.8 Å². The van der Waals surface area contributed by atoms with Crippen LogP contribution in [0, 0.1) is 5.92 Å². The standard InChI is InChI=1S/C12H17N3O2/c13-12(16)10-3-4-11(15-7-10)17-8-9-2-1-5-14-6-9/h3-4,7,9,14H,1-2,5-6,8H2,(H2,13,16). The number of primary amides is 1. The Labute approximate surface area is 100 Å². The number of ether oxygens (including phenoxy) is 1. The van der Waals surface area contributed by atoms with Crippen molar-refractivity contribution < 1.29 is 9.53 Å². The van der Waals surface area contributed by atoms with Crippen LogP contribution in [0.4, 0.5) is 0 Å². The minimum atomic E-state index is -0.472. The number of rotatable bonds is 4. The summed E-state index contributed by atoms with van der Waals surface area (Å²) in [7, 11) is 0. The normalized spacial score (nSPS) is 19.9. The van der Waals surface area contributed by atoms with Crippen molar-refractivity contribution in [3.05, 3.63) is 23.9 Å². The van der Waals surface area contributed by atoms with Gasteiger partial charge in [0.25, 0.3) is 0 Å². The number of piperidine rings is 1. The third-order valence-corrected chi connectivity index (χ3v) is 2.89. The molecule has 1 amide bonds. The van der Waals surface area contributed by atoms with Crippen molar-refractivity contribution >= 4 is 5.91 Å². The fraction of sp³-hybridized carbons (Fsp3) is 0.500. The molecule has 2 heterocycles. The molecule has 0 bridgehead atoms. The van der Waals surface area contributed by atoms with Crippen molar-refractivity contribution in [2.24, 2.45) is 11.7 Å². The lowest BCUT2D eigenvalue weighted by atomic mass is 10.0. The third kappa shape index (κ3) is 3.42. The zero-order valence-corrected chi connectivity index (χ0v) is 9.69. The Hall–Kier alpha value is -1.62. The highest BCUT2D eigenvalue weighted by atomic mass is 16.5. The molecule has 0 saturated carbocycles. The van der Waals surface area contributed by atoms with Gasteiger partial charge in [0.1, 0.15) is 0 Å². The summed E-state index contributed by atoms with van der Waals surface area (Å²) in [6.07, 6.45) is 3.82. The van der Waals surface area contributed by atoms with Crippen molar-refractivity contribution in [1.29, 1.82) is 0 Å². The second-order valence-corrected chi connectivity index (χ2v) is 4.27. The summed E-state index contributed by atoms with van der Waals surface area (Å²) < 4.78 is 5.58. The highest BCUT2D eigenvalue weighted by molar-refractivity contribution is 5.92. The van der Waals surface area contributed by atoms with Crippen LogP contribution >= 0.6 is 0 Å². The van der Waals surface area contributed by atoms with Gasteiger partial charge in [-0.1, -0.05) is 0 Å². The Balaban J connectivity index is 1.84. The van der Waals surface area contributed by atoms with Crippen LogP contribution in [-0.2, 0) is 0 Å². The summed E-state index contributed by atoms with van der Waals surface area (Å²) in [4.78, 5) is 14.9. The topological polar surface area (TPSA) is 77.2 Å². The number of nitrogens with one attached hydrogen (secondary N) is 1. The number of nitrogens with zero attached hydrogens (tertiary/aromatic N) is 1. The highest BCUT2D eigenvalue weighted by Crippen LogP contribution is 2.13. The van der Waals surface area contributed by atoms with Crippen molar-refractivity contribution in [3.8, 4) is 5.88 Å². The number of carbonyl (C=O) groups is 1. The predicted molar refractivity (Wildman–Crippen MR) is 63.8 cm³/mol. The first-order chi connectivity index (χ1) is 8.25. The Kier molecular flexibility index (Phi) is 3.93. The number of amides is 1. The second kappa shape index (κ2) is 5.63. The first-order valence-electron chi connectivity index (χ1n) is 5.85. The predicted octanol–water partition coefficient (Wildman–Crippen LogP) is 0.559. The van der Waals surface area contributed by atoms with E-state index < -0.39 is 5.91 Å². The molecule has 92 valence electrons. The molecule has 0 aromatic carbocycles. The van der Waals surface area contributed by atoms with Gasteiger partial charge in [-0.25, -0.2) is 4.98 Å². The Bertz CT molecular complexity index is 372. The van der Waals surface area contributed by atoms with E-state index in [1.165, 1.54) is 19.0 Å². The van der Waals surface area contributed by atoms with E-state index in [0.29, 0.717) is 24.0 Å². The Morgan fingerprint density at radius 3 is 3.06 bits per heavy atom. The lowest BCUT2D eigenvalue weighted by Crippen LogP contribution is -2.33. The average molecular weight is 235 g/mol. The molecular formula is C12H17N3O2. The van der Waals surface area contributed by atoms with E-state index in [-0.39, 0.29) is 0 Å². The summed E-state index contributed by atoms with van der Waals surface area (Å²) >= 11 is 0. The van der Waals surface area contributed by atoms with E-state index >= 15 is 0 Å². The maximum Gasteiger partial charge on any atom is 0.250 e. The number of hydrogen-bond acceptors (Lipinski definition) is 4. The molecule has 0 radical (unpaired) electrons. The van der Waals surface area contributed by atoms with Crippen molar-refractivity contribution in [3.63, 3.8) is 0 Å². The largest absolute Gasteiger partial charge is 0.477 e. The van der Waals surface area contributed by atoms with E-state index in [9.17, 15) is 4.79 Å². The highest BCUT2D eigenvalue weighted by Gasteiger charge is 2.13. The van der Waals surface area contributed by atoms with Crippen LogP contribution in [0.1, 0.15) is 23.2 Å². The van der Waals surface area contributed by atoms with Gasteiger partial charge in [-0.3, -0.25) is 4.79 Å². The van der Waals surface area contributed by atoms with Gasteiger partial charge in [-0.2, -0.15) is 0 Å². The minimum absolute atomic E-state index is 0.400. The molecule has 1 aromatic rings. The zero-order valence-electron chi connectivity index (χ0n) is 9.69. The zero-order chi connectivity index (χ0) is 12.1. The molecule has 1 atom stereocenters. The Morgan fingerprint density at radius 2 is 2.47 bits per heavy atom. The molecule has 1 unspecified atom stereocenters. The van der Waals surface area contributed by atoms with Gasteiger partial charge in [0, 0.05) is 24.7 Å². The lowest BCUT2D eigenvalue weighted by Gasteiger charge is -2.22. The number of aromatic nitrogens is 1. The van der Waals surface area contributed by atoms with Crippen molar-refractivity contribution in [2.45, 2.75) is 12.8 Å². The van der Waals surface area contributed by atoms with Gasteiger partial charge in [0.05, 0.1) is 12.2 Å². The SMILES string of the molecule is NC(=O)c1ccc(OCC2CCCNC2)nc1. The van der Waals surface area contributed by atoms with Crippen LogP contribution in [0.5, 0.6) is 5.88 Å². The molecule has 1 aliphatic rings. The molecule has 5 nitrogen and oxygen atoms in total. The summed E-state index contributed by atoms with van der Waals surface area (Å²) in [6.45, 7) is 2.76. The minimum Gasteiger partial charge on any atom is -0.477 e. The first-order valence-corrected chi connectivity index (χ1v) is 5.85. The van der Waals surface area contributed by atoms with E-state index in [1.54, 1.807) is 12.1 Å². The summed E-state index contributed by atoms with van der Waals surface area (Å²) in [5, 5.41) is 3.33. The molecular weight excluding hydrogens is 218 g/mol. The summed E-state index contributed by atoms with van der Waals surface area (Å²) in [5.41, 5.74) is 5.53. The molecule has 17 heavy (non-hydrogen) atoms. The maximum atomic E-state index is 10.9. The van der Waals surface area contributed by atoms with Gasteiger partial charge < -0.3 is 15.8 Å². The first kappa shape index (κ1) is 11.9. The van der Waals surface area contributed by atoms with E-state index in [2.05, 4.69) is 10.3 Å². The number of hydrogen-bond donors (Lipinski definition) is 2. The average Bonchev–Trinajstić information content (AvgIpc) is 2.38. The number of pyridine rings is 1. The van der Waals surface area contributed by atoms with Crippen LogP contribution < -0.4 is 15.8 Å². The number of nitrogens with two attached hydrogens (primary N) is 1. The summed E-state index contributed by atoms with van der Waals surface area (Å²) in [5.74, 6) is 0.613. The van der Waals surface area contributed by atoms with Crippen molar-refractivity contribution in [2.75, 3.05) is 19.7 Å². The molecule has 3 N–H and O–H groups in total. The van der Waals surface area contributed by atoms with Crippen LogP contribution in [0.25, 0.3) is 0 Å². The molecule has 0 aliphatic carbocycles. The van der Waals surface area contributed by atoms with Gasteiger partial charge in [0.15, 0.2) is 0 Å². The quantitative estimate of drug-likeness (QED) is 0.799. The molecule has 1 saturated heterocycles. The lowest BCUT2D eigenvalue weighted by molar-refractivity contribution is 0.1000. The molecule has 1 aromatic heterocycles. The molecule has 5 heteroatoms. The van der Waals surface area contributed by atoms with Crippen LogP contribution in [-0.4, -0.2) is 30.6 Å². The van der Waals surface area contributed by atoms with Crippen molar-refractivity contribution in [1.82, 2.24) is 10.3 Å². The smallest absolute Gasteiger partial charge is 0.250 e. The van der Waals surface area contributed by atoms with Crippen LogP contribution in [0.15, 0.2) is 18.3 Å². The Morgan fingerprint density at radius 1 is 1.59 bits per heavy atom. The monoisotopic (exact) mass is 235 g/mol. The molecule has 1 fully saturated rings.